The molecule has 2 aromatic carbocycles. The molecular formula is C23H24O10. The maximum absolute atomic E-state index is 12.7. The molecule has 33 heavy (non-hydrogen) atoms. The first-order chi connectivity index (χ1) is 15.7. The second kappa shape index (κ2) is 8.91. The van der Waals surface area contributed by atoms with Crippen LogP contribution in [0.3, 0.4) is 0 Å². The van der Waals surface area contributed by atoms with Crippen molar-refractivity contribution in [2.24, 2.45) is 0 Å². The van der Waals surface area contributed by atoms with Crippen LogP contribution >= 0.6 is 0 Å². The number of aliphatic hydroxyl groups is 3. The monoisotopic (exact) mass is 460 g/mol. The fourth-order valence-electron chi connectivity index (χ4n) is 3.69. The zero-order chi connectivity index (χ0) is 23.9. The van der Waals surface area contributed by atoms with E-state index in [9.17, 15) is 25.2 Å². The minimum Gasteiger partial charge on any atom is -0.507 e. The van der Waals surface area contributed by atoms with Gasteiger partial charge in [0.1, 0.15) is 46.5 Å². The Morgan fingerprint density at radius 1 is 0.909 bits per heavy atom. The first kappa shape index (κ1) is 22.9. The molecule has 0 aliphatic carbocycles. The summed E-state index contributed by atoms with van der Waals surface area (Å²) < 4.78 is 27.4. The van der Waals surface area contributed by atoms with Gasteiger partial charge < -0.3 is 43.8 Å². The number of benzene rings is 2. The van der Waals surface area contributed by atoms with Crippen LogP contribution in [0.15, 0.2) is 45.6 Å². The zero-order valence-electron chi connectivity index (χ0n) is 18.1. The number of aromatic hydroxyl groups is 1. The molecule has 2 heterocycles. The average Bonchev–Trinajstić information content (AvgIpc) is 2.80. The molecule has 5 unspecified atom stereocenters. The summed E-state index contributed by atoms with van der Waals surface area (Å²) in [4.78, 5) is 12.7. The van der Waals surface area contributed by atoms with Crippen molar-refractivity contribution >= 4 is 11.0 Å². The number of methoxy groups -OCH3 is 2. The topological polar surface area (TPSA) is 148 Å². The van der Waals surface area contributed by atoms with Gasteiger partial charge in [-0.3, -0.25) is 4.79 Å². The van der Waals surface area contributed by atoms with Crippen molar-refractivity contribution < 1.29 is 43.8 Å². The lowest BCUT2D eigenvalue weighted by Crippen LogP contribution is -2.58. The fourth-order valence-corrected chi connectivity index (χ4v) is 3.69. The highest BCUT2D eigenvalue weighted by atomic mass is 16.7. The van der Waals surface area contributed by atoms with Crippen molar-refractivity contribution in [1.29, 1.82) is 0 Å². The lowest BCUT2D eigenvalue weighted by Gasteiger charge is -2.38. The maximum Gasteiger partial charge on any atom is 0.229 e. The summed E-state index contributed by atoms with van der Waals surface area (Å²) in [5, 5.41) is 40.4. The molecule has 5 atom stereocenters. The Kier molecular flexibility index (Phi) is 6.17. The van der Waals surface area contributed by atoms with E-state index in [1.165, 1.54) is 39.3 Å². The fraction of sp³-hybridized carbons (Fsp3) is 0.348. The van der Waals surface area contributed by atoms with Gasteiger partial charge in [0.05, 0.1) is 20.3 Å². The van der Waals surface area contributed by atoms with Gasteiger partial charge in [-0.25, -0.2) is 0 Å². The van der Waals surface area contributed by atoms with Crippen molar-refractivity contribution in [3.05, 3.63) is 46.6 Å². The number of rotatable bonds is 5. The van der Waals surface area contributed by atoms with E-state index in [0.717, 1.165) is 0 Å². The predicted molar refractivity (Wildman–Crippen MR) is 116 cm³/mol. The van der Waals surface area contributed by atoms with Gasteiger partial charge in [0.2, 0.25) is 6.29 Å². The largest absolute Gasteiger partial charge is 0.507 e. The van der Waals surface area contributed by atoms with Crippen LogP contribution in [0.25, 0.3) is 22.3 Å². The summed E-state index contributed by atoms with van der Waals surface area (Å²) >= 11 is 0. The van der Waals surface area contributed by atoms with E-state index in [2.05, 4.69) is 0 Å². The van der Waals surface area contributed by atoms with Crippen LogP contribution < -0.4 is 19.6 Å². The van der Waals surface area contributed by atoms with Crippen LogP contribution in [0.4, 0.5) is 0 Å². The van der Waals surface area contributed by atoms with Crippen LogP contribution in [-0.4, -0.2) is 65.4 Å². The SMILES string of the molecule is COc1ccc(-c2cc(=O)c3c(O)cc(OC4OC(C)C(O)C(O)C4O)cc3o2)cc1OC. The minimum atomic E-state index is -1.54. The van der Waals surface area contributed by atoms with E-state index in [-0.39, 0.29) is 22.5 Å². The van der Waals surface area contributed by atoms with Crippen LogP contribution in [0, 0.1) is 0 Å². The summed E-state index contributed by atoms with van der Waals surface area (Å²) in [6, 6.07) is 8.77. The third kappa shape index (κ3) is 4.21. The molecule has 1 aromatic heterocycles. The van der Waals surface area contributed by atoms with Crippen LogP contribution in [0.5, 0.6) is 23.0 Å². The van der Waals surface area contributed by atoms with Gasteiger partial charge in [-0.1, -0.05) is 0 Å². The Morgan fingerprint density at radius 2 is 1.64 bits per heavy atom. The highest BCUT2D eigenvalue weighted by Gasteiger charge is 2.43. The third-order valence-corrected chi connectivity index (χ3v) is 5.51. The van der Waals surface area contributed by atoms with Crippen molar-refractivity contribution in [1.82, 2.24) is 0 Å². The predicted octanol–water partition coefficient (Wildman–Crippen LogP) is 1.39. The second-order valence-electron chi connectivity index (χ2n) is 7.66. The molecule has 1 saturated heterocycles. The lowest BCUT2D eigenvalue weighted by atomic mass is 10.00. The Bertz CT molecular complexity index is 1220. The lowest BCUT2D eigenvalue weighted by molar-refractivity contribution is -0.268. The van der Waals surface area contributed by atoms with Crippen molar-refractivity contribution in [2.45, 2.75) is 37.6 Å². The second-order valence-corrected chi connectivity index (χ2v) is 7.66. The summed E-state index contributed by atoms with van der Waals surface area (Å²) in [6.07, 6.45) is -6.44. The molecule has 4 N–H and O–H groups in total. The smallest absolute Gasteiger partial charge is 0.229 e. The number of phenols is 1. The molecule has 1 aliphatic heterocycles. The molecule has 176 valence electrons. The van der Waals surface area contributed by atoms with E-state index in [1.54, 1.807) is 18.2 Å². The van der Waals surface area contributed by atoms with Gasteiger partial charge in [0.25, 0.3) is 0 Å². The van der Waals surface area contributed by atoms with Gasteiger partial charge in [-0.2, -0.15) is 0 Å². The van der Waals surface area contributed by atoms with Crippen molar-refractivity contribution in [3.8, 4) is 34.3 Å². The first-order valence-corrected chi connectivity index (χ1v) is 10.1. The van der Waals surface area contributed by atoms with Gasteiger partial charge in [-0.15, -0.1) is 0 Å². The first-order valence-electron chi connectivity index (χ1n) is 10.1. The number of hydrogen-bond acceptors (Lipinski definition) is 10. The third-order valence-electron chi connectivity index (χ3n) is 5.51. The molecule has 0 saturated carbocycles. The van der Waals surface area contributed by atoms with Gasteiger partial charge >= 0.3 is 0 Å². The molecule has 0 radical (unpaired) electrons. The number of phenolic OH excluding ortho intramolecular Hbond substituents is 1. The Morgan fingerprint density at radius 3 is 2.33 bits per heavy atom. The number of ether oxygens (including phenoxy) is 4. The van der Waals surface area contributed by atoms with E-state index >= 15 is 0 Å². The molecule has 1 fully saturated rings. The van der Waals surface area contributed by atoms with E-state index < -0.39 is 41.9 Å². The van der Waals surface area contributed by atoms with Crippen LogP contribution in [0.1, 0.15) is 6.92 Å². The summed E-state index contributed by atoms with van der Waals surface area (Å²) in [6.45, 7) is 1.52. The molecule has 10 nitrogen and oxygen atoms in total. The van der Waals surface area contributed by atoms with E-state index in [0.29, 0.717) is 17.1 Å². The van der Waals surface area contributed by atoms with E-state index in [4.69, 9.17) is 23.4 Å². The van der Waals surface area contributed by atoms with Crippen molar-refractivity contribution in [2.75, 3.05) is 14.2 Å². The van der Waals surface area contributed by atoms with Crippen molar-refractivity contribution in [3.63, 3.8) is 0 Å². The molecule has 1 aliphatic rings. The number of hydrogen-bond donors (Lipinski definition) is 4. The molecule has 3 aromatic rings. The van der Waals surface area contributed by atoms with Crippen LogP contribution in [0.2, 0.25) is 0 Å². The number of aliphatic hydroxyl groups excluding tert-OH is 3. The van der Waals surface area contributed by atoms with Gasteiger partial charge in [-0.05, 0) is 25.1 Å². The molecule has 4 rings (SSSR count). The maximum atomic E-state index is 12.7. The quantitative estimate of drug-likeness (QED) is 0.440. The number of fused-ring (bicyclic) bond motifs is 1. The Labute approximate surface area is 188 Å². The highest BCUT2D eigenvalue weighted by molar-refractivity contribution is 5.86. The summed E-state index contributed by atoms with van der Waals surface area (Å²) in [5.41, 5.74) is 0.0850. The molecule has 10 heteroatoms. The zero-order valence-corrected chi connectivity index (χ0v) is 18.1. The van der Waals surface area contributed by atoms with Gasteiger partial charge in [0, 0.05) is 23.8 Å². The summed E-state index contributed by atoms with van der Waals surface area (Å²) in [5.74, 6) is 0.786. The van der Waals surface area contributed by atoms with Gasteiger partial charge in [0.15, 0.2) is 16.9 Å². The molecular weight excluding hydrogens is 436 g/mol. The standard InChI is InChI=1S/C23H24O10/c1-10-20(26)21(27)22(28)23(31-10)32-12-7-13(24)19-14(25)9-16(33-18(19)8-12)11-4-5-15(29-2)17(6-11)30-3/h4-10,20-24,26-28H,1-3H3. The molecule has 0 spiro atoms. The Balaban J connectivity index is 1.73. The average molecular weight is 460 g/mol. The normalized spacial score (nSPS) is 25.1. The Hall–Kier alpha value is -3.31. The minimum absolute atomic E-state index is 0.0208. The summed E-state index contributed by atoms with van der Waals surface area (Å²) in [7, 11) is 2.99. The molecule has 0 amide bonds. The van der Waals surface area contributed by atoms with Crippen LogP contribution in [-0.2, 0) is 4.74 Å². The van der Waals surface area contributed by atoms with E-state index in [1.807, 2.05) is 0 Å². The highest BCUT2D eigenvalue weighted by Crippen LogP contribution is 2.35. The molecule has 0 bridgehead atoms.